The van der Waals surface area contributed by atoms with Gasteiger partial charge in [0.2, 0.25) is 5.91 Å². The van der Waals surface area contributed by atoms with E-state index in [1.165, 1.54) is 33.0 Å². The first kappa shape index (κ1) is 18.8. The number of hydrogen-bond donors (Lipinski definition) is 2. The molecule has 2 atom stereocenters. The zero-order valence-corrected chi connectivity index (χ0v) is 16.5. The molecule has 1 amide bonds. The Morgan fingerprint density at radius 1 is 1.07 bits per heavy atom. The van der Waals surface area contributed by atoms with Crippen molar-refractivity contribution in [2.75, 3.05) is 13.1 Å². The Labute approximate surface area is 168 Å². The lowest BCUT2D eigenvalue weighted by molar-refractivity contribution is -0.945. The number of thiophene rings is 1. The molecule has 4 rings (SSSR count). The number of benzene rings is 2. The molecule has 1 aromatic heterocycles. The zero-order chi connectivity index (χ0) is 19.3. The van der Waals surface area contributed by atoms with Crippen LogP contribution in [0.1, 0.15) is 27.6 Å². The number of carbonyl (C=O) groups excluding carboxylic acids is 1. The van der Waals surface area contributed by atoms with E-state index in [1.807, 2.05) is 0 Å². The maximum Gasteiger partial charge on any atom is 0.224 e. The van der Waals surface area contributed by atoms with Gasteiger partial charge in [0.15, 0.2) is 0 Å². The van der Waals surface area contributed by atoms with Gasteiger partial charge in [-0.15, -0.1) is 11.3 Å². The van der Waals surface area contributed by atoms with Crippen molar-refractivity contribution >= 4 is 17.2 Å². The van der Waals surface area contributed by atoms with E-state index >= 15 is 0 Å². The minimum atomic E-state index is -0.282. The number of amides is 1. The van der Waals surface area contributed by atoms with Crippen molar-refractivity contribution in [3.63, 3.8) is 0 Å². The molecule has 28 heavy (non-hydrogen) atoms. The fourth-order valence-corrected chi connectivity index (χ4v) is 4.79. The number of fused-ring (bicyclic) bond motifs is 1. The predicted octanol–water partition coefficient (Wildman–Crippen LogP) is 2.93. The number of hydrogen-bond acceptors (Lipinski definition) is 2. The summed E-state index contributed by atoms with van der Waals surface area (Å²) in [4.78, 5) is 15.2. The average molecular weight is 396 g/mol. The van der Waals surface area contributed by atoms with Gasteiger partial charge in [-0.25, -0.2) is 4.39 Å². The second-order valence-electron chi connectivity index (χ2n) is 7.28. The molecule has 0 aliphatic carbocycles. The molecule has 1 aliphatic rings. The van der Waals surface area contributed by atoms with Crippen LogP contribution in [0.4, 0.5) is 4.39 Å². The van der Waals surface area contributed by atoms with Crippen molar-refractivity contribution in [1.29, 1.82) is 0 Å². The summed E-state index contributed by atoms with van der Waals surface area (Å²) in [6, 6.07) is 19.2. The number of carbonyl (C=O) groups is 1. The highest BCUT2D eigenvalue weighted by Gasteiger charge is 2.29. The lowest BCUT2D eigenvalue weighted by Crippen LogP contribution is -3.12. The van der Waals surface area contributed by atoms with Crippen molar-refractivity contribution in [3.05, 3.63) is 93.4 Å². The molecule has 2 aromatic carbocycles. The first-order chi connectivity index (χ1) is 13.7. The highest BCUT2D eigenvalue weighted by atomic mass is 32.1. The second-order valence-corrected chi connectivity index (χ2v) is 8.26. The van der Waals surface area contributed by atoms with Gasteiger partial charge < -0.3 is 10.2 Å². The molecule has 144 valence electrons. The Balaban J connectivity index is 1.43. The third-order valence-corrected chi connectivity index (χ3v) is 6.40. The van der Waals surface area contributed by atoms with Crippen LogP contribution in [0.5, 0.6) is 0 Å². The molecule has 2 N–H and O–H groups in total. The monoisotopic (exact) mass is 395 g/mol. The molecule has 3 aromatic rings. The highest BCUT2D eigenvalue weighted by molar-refractivity contribution is 7.10. The first-order valence-corrected chi connectivity index (χ1v) is 10.5. The van der Waals surface area contributed by atoms with Gasteiger partial charge in [-0.05, 0) is 34.7 Å². The smallest absolute Gasteiger partial charge is 0.224 e. The van der Waals surface area contributed by atoms with Crippen LogP contribution in [-0.4, -0.2) is 19.0 Å². The van der Waals surface area contributed by atoms with Crippen molar-refractivity contribution in [2.45, 2.75) is 25.4 Å². The summed E-state index contributed by atoms with van der Waals surface area (Å²) in [6.07, 6.45) is 1.34. The Kier molecular flexibility index (Phi) is 5.84. The molecule has 0 fully saturated rings. The van der Waals surface area contributed by atoms with E-state index in [-0.39, 0.29) is 24.2 Å². The molecule has 0 saturated carbocycles. The Hall–Kier alpha value is -2.50. The Morgan fingerprint density at radius 3 is 2.61 bits per heavy atom. The van der Waals surface area contributed by atoms with E-state index in [0.717, 1.165) is 25.1 Å². The molecular formula is C23H24FN2OS+. The van der Waals surface area contributed by atoms with Crippen LogP contribution in [0.3, 0.4) is 0 Å². The maximum absolute atomic E-state index is 13.0. The van der Waals surface area contributed by atoms with Gasteiger partial charge in [-0.1, -0.05) is 42.5 Å². The fraction of sp³-hybridized carbons (Fsp3) is 0.261. The molecule has 3 nitrogen and oxygen atoms in total. The zero-order valence-electron chi connectivity index (χ0n) is 15.7. The average Bonchev–Trinajstić information content (AvgIpc) is 3.24. The molecule has 2 heterocycles. The summed E-state index contributed by atoms with van der Waals surface area (Å²) < 4.78 is 13.0. The molecule has 0 spiro atoms. The van der Waals surface area contributed by atoms with E-state index in [2.05, 4.69) is 47.1 Å². The van der Waals surface area contributed by atoms with Gasteiger partial charge in [0.25, 0.3) is 0 Å². The third kappa shape index (κ3) is 4.49. The maximum atomic E-state index is 13.0. The molecule has 1 aliphatic heterocycles. The van der Waals surface area contributed by atoms with E-state index < -0.39 is 0 Å². The van der Waals surface area contributed by atoms with Crippen LogP contribution in [0, 0.1) is 5.82 Å². The topological polar surface area (TPSA) is 33.5 Å². The first-order valence-electron chi connectivity index (χ1n) is 9.65. The summed E-state index contributed by atoms with van der Waals surface area (Å²) in [5.41, 5.74) is 3.67. The fourth-order valence-electron chi connectivity index (χ4n) is 3.90. The van der Waals surface area contributed by atoms with Gasteiger partial charge >= 0.3 is 0 Å². The van der Waals surface area contributed by atoms with E-state index in [1.54, 1.807) is 23.5 Å². The lowest BCUT2D eigenvalue weighted by Gasteiger charge is -2.32. The van der Waals surface area contributed by atoms with Crippen molar-refractivity contribution in [1.82, 2.24) is 5.32 Å². The van der Waals surface area contributed by atoms with Crippen LogP contribution >= 0.6 is 11.3 Å². The summed E-state index contributed by atoms with van der Waals surface area (Å²) in [5.74, 6) is -0.305. The molecule has 0 radical (unpaired) electrons. The van der Waals surface area contributed by atoms with E-state index in [9.17, 15) is 9.18 Å². The van der Waals surface area contributed by atoms with Crippen molar-refractivity contribution in [3.8, 4) is 0 Å². The SMILES string of the molecule is O=C(Cc1ccc(F)cc1)NC[C@@H](c1cccs1)[NH+]1CCc2ccccc2C1. The van der Waals surface area contributed by atoms with Crippen LogP contribution in [-0.2, 0) is 24.2 Å². The molecule has 5 heteroatoms. The van der Waals surface area contributed by atoms with E-state index in [0.29, 0.717) is 6.54 Å². The summed E-state index contributed by atoms with van der Waals surface area (Å²) in [6.45, 7) is 2.65. The van der Waals surface area contributed by atoms with Gasteiger partial charge in [-0.3, -0.25) is 4.79 Å². The van der Waals surface area contributed by atoms with Gasteiger partial charge in [-0.2, -0.15) is 0 Å². The van der Waals surface area contributed by atoms with Crippen LogP contribution in [0.25, 0.3) is 0 Å². The van der Waals surface area contributed by atoms with Crippen LogP contribution < -0.4 is 10.2 Å². The quantitative estimate of drug-likeness (QED) is 0.661. The number of rotatable bonds is 6. The van der Waals surface area contributed by atoms with Crippen molar-refractivity contribution in [2.24, 2.45) is 0 Å². The standard InChI is InChI=1S/C23H23FN2OS/c24-20-9-7-17(8-10-20)14-23(27)25-15-21(22-6-3-13-28-22)26-12-11-18-4-1-2-5-19(18)16-26/h1-10,13,21H,11-12,14-16H2,(H,25,27)/p+1/t21-/m0/s1. The number of halogens is 1. The van der Waals surface area contributed by atoms with Gasteiger partial charge in [0.05, 0.1) is 24.4 Å². The highest BCUT2D eigenvalue weighted by Crippen LogP contribution is 2.19. The minimum absolute atomic E-state index is 0.0232. The Morgan fingerprint density at radius 2 is 1.86 bits per heavy atom. The Bertz CT molecular complexity index is 924. The minimum Gasteiger partial charge on any atom is -0.349 e. The van der Waals surface area contributed by atoms with Crippen molar-refractivity contribution < 1.29 is 14.1 Å². The molecular weight excluding hydrogens is 371 g/mol. The summed E-state index contributed by atoms with van der Waals surface area (Å²) >= 11 is 1.75. The van der Waals surface area contributed by atoms with Gasteiger partial charge in [0.1, 0.15) is 18.4 Å². The molecule has 0 bridgehead atoms. The van der Waals surface area contributed by atoms with Gasteiger partial charge in [0, 0.05) is 12.0 Å². The predicted molar refractivity (Wildman–Crippen MR) is 110 cm³/mol. The third-order valence-electron chi connectivity index (χ3n) is 5.41. The molecule has 1 unspecified atom stereocenters. The largest absolute Gasteiger partial charge is 0.349 e. The number of quaternary nitrogens is 1. The van der Waals surface area contributed by atoms with Crippen LogP contribution in [0.2, 0.25) is 0 Å². The van der Waals surface area contributed by atoms with E-state index in [4.69, 9.17) is 0 Å². The summed E-state index contributed by atoms with van der Waals surface area (Å²) in [5, 5.41) is 5.21. The van der Waals surface area contributed by atoms with Crippen LogP contribution in [0.15, 0.2) is 66.0 Å². The normalized spacial score (nSPS) is 17.0. The second kappa shape index (κ2) is 8.67. The summed E-state index contributed by atoms with van der Waals surface area (Å²) in [7, 11) is 0. The number of nitrogens with one attached hydrogen (secondary N) is 2. The lowest BCUT2D eigenvalue weighted by atomic mass is 9.98. The molecule has 0 saturated heterocycles.